The van der Waals surface area contributed by atoms with E-state index < -0.39 is 11.4 Å². The third kappa shape index (κ3) is 3.17. The summed E-state index contributed by atoms with van der Waals surface area (Å²) in [6.07, 6.45) is 3.49. The number of nitrogens with two attached hydrogens (primary N) is 1. The number of hydrogen-bond donors (Lipinski definition) is 2. The van der Waals surface area contributed by atoms with Crippen molar-refractivity contribution in [1.29, 1.82) is 0 Å². The number of aromatic nitrogens is 3. The molecule has 2 aliphatic heterocycles. The van der Waals surface area contributed by atoms with Gasteiger partial charge in [0.25, 0.3) is 11.8 Å². The molecule has 2 amide bonds. The van der Waals surface area contributed by atoms with Crippen LogP contribution >= 0.6 is 0 Å². The van der Waals surface area contributed by atoms with Gasteiger partial charge in [0.05, 0.1) is 17.6 Å². The fraction of sp³-hybridized carbons (Fsp3) is 0.200. The number of carbonyl (C=O) groups excluding carboxylic acids is 2. The molecule has 0 aliphatic carbocycles. The first-order valence-electron chi connectivity index (χ1n) is 11.1. The zero-order valence-electron chi connectivity index (χ0n) is 18.5. The molecule has 1 atom stereocenters. The number of fused-ring (bicyclic) bond motifs is 3. The summed E-state index contributed by atoms with van der Waals surface area (Å²) in [5, 5.41) is 0. The minimum atomic E-state index is -1.21. The molecule has 2 aliphatic rings. The molecule has 10 heteroatoms. The molecule has 1 spiro atoms. The number of halogens is 2. The SMILES string of the molecule is Nc1nc2cc(CN3C(=O)c4ccncc4[C@]34CCN(Cc3ccc(F)cc3)C4=O)[nH]c2cc1F. The first-order valence-corrected chi connectivity index (χ1v) is 11.1. The molecule has 3 N–H and O–H groups in total. The first-order chi connectivity index (χ1) is 16.9. The van der Waals surface area contributed by atoms with Crippen LogP contribution in [0.2, 0.25) is 0 Å². The lowest BCUT2D eigenvalue weighted by Gasteiger charge is -2.34. The zero-order valence-corrected chi connectivity index (χ0v) is 18.5. The van der Waals surface area contributed by atoms with Crippen LogP contribution < -0.4 is 5.73 Å². The number of nitrogens with zero attached hydrogens (tertiary/aromatic N) is 4. The second-order valence-electron chi connectivity index (χ2n) is 8.86. The average molecular weight is 474 g/mol. The Balaban J connectivity index is 1.38. The maximum Gasteiger partial charge on any atom is 0.255 e. The minimum Gasteiger partial charge on any atom is -0.381 e. The summed E-state index contributed by atoms with van der Waals surface area (Å²) < 4.78 is 27.2. The molecule has 35 heavy (non-hydrogen) atoms. The summed E-state index contributed by atoms with van der Waals surface area (Å²) in [5.74, 6) is -1.69. The molecule has 0 radical (unpaired) electrons. The van der Waals surface area contributed by atoms with E-state index in [0.717, 1.165) is 5.56 Å². The summed E-state index contributed by atoms with van der Waals surface area (Å²) in [6, 6.07) is 10.6. The second kappa shape index (κ2) is 7.59. The molecule has 176 valence electrons. The first kappa shape index (κ1) is 21.2. The highest BCUT2D eigenvalue weighted by molar-refractivity contribution is 6.07. The van der Waals surface area contributed by atoms with E-state index in [4.69, 9.17) is 5.73 Å². The normalized spacial score (nSPS) is 19.4. The Morgan fingerprint density at radius 3 is 2.69 bits per heavy atom. The van der Waals surface area contributed by atoms with Crippen LogP contribution in [0, 0.1) is 11.6 Å². The maximum atomic E-state index is 13.9. The van der Waals surface area contributed by atoms with Crippen LogP contribution in [0.25, 0.3) is 11.0 Å². The molecule has 8 nitrogen and oxygen atoms in total. The molecule has 4 aromatic rings. The van der Waals surface area contributed by atoms with E-state index in [2.05, 4.69) is 15.0 Å². The van der Waals surface area contributed by atoms with Gasteiger partial charge in [0.2, 0.25) is 0 Å². The molecule has 1 saturated heterocycles. The molecule has 0 unspecified atom stereocenters. The number of pyridine rings is 2. The molecule has 1 fully saturated rings. The van der Waals surface area contributed by atoms with Crippen LogP contribution in [0.4, 0.5) is 14.6 Å². The number of anilines is 1. The van der Waals surface area contributed by atoms with Crippen LogP contribution in [-0.4, -0.2) is 43.1 Å². The van der Waals surface area contributed by atoms with Gasteiger partial charge in [-0.15, -0.1) is 0 Å². The number of benzene rings is 1. The van der Waals surface area contributed by atoms with Crippen LogP contribution in [0.15, 0.2) is 54.9 Å². The van der Waals surface area contributed by atoms with Crippen molar-refractivity contribution in [3.8, 4) is 0 Å². The Kier molecular flexibility index (Phi) is 4.60. The predicted molar refractivity (Wildman–Crippen MR) is 123 cm³/mol. The molecular weight excluding hydrogens is 454 g/mol. The van der Waals surface area contributed by atoms with E-state index in [1.807, 2.05) is 0 Å². The van der Waals surface area contributed by atoms with Gasteiger partial charge in [-0.3, -0.25) is 14.6 Å². The molecule has 5 heterocycles. The third-order valence-corrected chi connectivity index (χ3v) is 6.84. The van der Waals surface area contributed by atoms with Crippen molar-refractivity contribution < 1.29 is 18.4 Å². The lowest BCUT2D eigenvalue weighted by Crippen LogP contribution is -2.49. The van der Waals surface area contributed by atoms with Gasteiger partial charge in [-0.25, -0.2) is 13.8 Å². The van der Waals surface area contributed by atoms with Crippen molar-refractivity contribution in [2.75, 3.05) is 12.3 Å². The lowest BCUT2D eigenvalue weighted by molar-refractivity contribution is -0.137. The number of amides is 2. The number of aromatic amines is 1. The largest absolute Gasteiger partial charge is 0.381 e. The van der Waals surface area contributed by atoms with E-state index >= 15 is 0 Å². The van der Waals surface area contributed by atoms with Crippen LogP contribution in [0.5, 0.6) is 0 Å². The van der Waals surface area contributed by atoms with Crippen molar-refractivity contribution in [1.82, 2.24) is 24.8 Å². The van der Waals surface area contributed by atoms with Crippen LogP contribution in [-0.2, 0) is 23.4 Å². The van der Waals surface area contributed by atoms with Crippen LogP contribution in [0.3, 0.4) is 0 Å². The van der Waals surface area contributed by atoms with Gasteiger partial charge in [0, 0.05) is 54.8 Å². The van der Waals surface area contributed by atoms with Gasteiger partial charge in [-0.1, -0.05) is 12.1 Å². The van der Waals surface area contributed by atoms with E-state index in [1.165, 1.54) is 24.4 Å². The number of rotatable bonds is 4. The summed E-state index contributed by atoms with van der Waals surface area (Å²) >= 11 is 0. The summed E-state index contributed by atoms with van der Waals surface area (Å²) in [5.41, 5.74) is 7.68. The van der Waals surface area contributed by atoms with Crippen molar-refractivity contribution in [2.45, 2.75) is 25.0 Å². The van der Waals surface area contributed by atoms with E-state index in [-0.39, 0.29) is 30.0 Å². The van der Waals surface area contributed by atoms with Gasteiger partial charge in [0.15, 0.2) is 17.2 Å². The summed E-state index contributed by atoms with van der Waals surface area (Å²) in [4.78, 5) is 42.0. The van der Waals surface area contributed by atoms with E-state index in [1.54, 1.807) is 40.3 Å². The van der Waals surface area contributed by atoms with Crippen molar-refractivity contribution in [3.05, 3.63) is 88.9 Å². The van der Waals surface area contributed by atoms with E-state index in [9.17, 15) is 18.4 Å². The number of nitrogen functional groups attached to an aromatic ring is 1. The van der Waals surface area contributed by atoms with Crippen molar-refractivity contribution >= 4 is 28.7 Å². The Bertz CT molecular complexity index is 1460. The number of hydrogen-bond acceptors (Lipinski definition) is 5. The fourth-order valence-electron chi connectivity index (χ4n) is 5.17. The van der Waals surface area contributed by atoms with Crippen LogP contribution in [0.1, 0.15) is 33.6 Å². The Hall–Kier alpha value is -4.34. The van der Waals surface area contributed by atoms with Crippen molar-refractivity contribution in [2.24, 2.45) is 0 Å². The maximum absolute atomic E-state index is 13.9. The standard InChI is InChI=1S/C25H20F2N6O2/c26-15-3-1-14(2-4-15)12-32-8-6-25(24(32)35)18-11-29-7-5-17(18)23(34)33(25)13-16-9-20-21(30-16)10-19(27)22(28)31-20/h1-5,7,9-11,30H,6,8,12-13H2,(H2,28,31)/t25-/m0/s1. The Morgan fingerprint density at radius 1 is 1.09 bits per heavy atom. The smallest absolute Gasteiger partial charge is 0.255 e. The second-order valence-corrected chi connectivity index (χ2v) is 8.86. The highest BCUT2D eigenvalue weighted by atomic mass is 19.1. The third-order valence-electron chi connectivity index (χ3n) is 6.84. The highest BCUT2D eigenvalue weighted by Crippen LogP contribution is 2.47. The minimum absolute atomic E-state index is 0.0848. The molecule has 6 rings (SSSR count). The molecule has 0 bridgehead atoms. The Labute approximate surface area is 198 Å². The summed E-state index contributed by atoms with van der Waals surface area (Å²) in [7, 11) is 0. The molecule has 0 saturated carbocycles. The zero-order chi connectivity index (χ0) is 24.3. The van der Waals surface area contributed by atoms with Gasteiger partial charge in [0.1, 0.15) is 5.82 Å². The number of carbonyl (C=O) groups is 2. The van der Waals surface area contributed by atoms with Gasteiger partial charge in [-0.2, -0.15) is 0 Å². The lowest BCUT2D eigenvalue weighted by atomic mass is 9.89. The number of likely N-dealkylation sites (tertiary alicyclic amines) is 1. The molecule has 1 aromatic carbocycles. The average Bonchev–Trinajstić information content (AvgIpc) is 3.46. The fourth-order valence-corrected chi connectivity index (χ4v) is 5.17. The monoisotopic (exact) mass is 474 g/mol. The topological polar surface area (TPSA) is 108 Å². The summed E-state index contributed by atoms with van der Waals surface area (Å²) in [6.45, 7) is 0.805. The van der Waals surface area contributed by atoms with Gasteiger partial charge in [-0.05, 0) is 29.8 Å². The van der Waals surface area contributed by atoms with Gasteiger partial charge >= 0.3 is 0 Å². The van der Waals surface area contributed by atoms with E-state index in [0.29, 0.717) is 47.4 Å². The van der Waals surface area contributed by atoms with Gasteiger partial charge < -0.3 is 20.5 Å². The predicted octanol–water partition coefficient (Wildman–Crippen LogP) is 3.10. The van der Waals surface area contributed by atoms with Crippen molar-refractivity contribution in [3.63, 3.8) is 0 Å². The molecular formula is C25H20F2N6O2. The number of nitrogens with one attached hydrogen (secondary N) is 1. The Morgan fingerprint density at radius 2 is 1.89 bits per heavy atom. The molecule has 3 aromatic heterocycles. The highest BCUT2D eigenvalue weighted by Gasteiger charge is 2.59. The quantitative estimate of drug-likeness (QED) is 0.473. The number of H-pyrrole nitrogens is 1.